The van der Waals surface area contributed by atoms with Crippen molar-refractivity contribution >= 4 is 11.3 Å². The number of nitrogens with zero attached hydrogens (tertiary/aromatic N) is 2. The molecule has 0 bridgehead atoms. The number of piperidine rings is 1. The summed E-state index contributed by atoms with van der Waals surface area (Å²) in [7, 11) is 0. The largest absolute Gasteiger partial charge is 0.327 e. The van der Waals surface area contributed by atoms with Crippen LogP contribution in [0.3, 0.4) is 0 Å². The Morgan fingerprint density at radius 2 is 2.47 bits per heavy atom. The van der Waals surface area contributed by atoms with Crippen molar-refractivity contribution in [2.75, 3.05) is 13.1 Å². The van der Waals surface area contributed by atoms with Gasteiger partial charge in [-0.25, -0.2) is 0 Å². The second-order valence-corrected chi connectivity index (χ2v) is 5.42. The molecular formula is C11H19N3S. The minimum absolute atomic E-state index is 0.384. The van der Waals surface area contributed by atoms with Crippen LogP contribution in [-0.2, 0) is 0 Å². The molecular weight excluding hydrogens is 206 g/mol. The molecule has 2 heterocycles. The van der Waals surface area contributed by atoms with Gasteiger partial charge >= 0.3 is 0 Å². The van der Waals surface area contributed by atoms with Crippen molar-refractivity contribution in [2.45, 2.75) is 32.4 Å². The highest BCUT2D eigenvalue weighted by Crippen LogP contribution is 2.27. The molecule has 0 amide bonds. The van der Waals surface area contributed by atoms with Crippen LogP contribution < -0.4 is 5.73 Å². The first-order chi connectivity index (χ1) is 7.18. The molecule has 0 radical (unpaired) electrons. The summed E-state index contributed by atoms with van der Waals surface area (Å²) in [4.78, 5) is 8.01. The Morgan fingerprint density at radius 1 is 1.67 bits per heavy atom. The average Bonchev–Trinajstić information content (AvgIpc) is 2.74. The van der Waals surface area contributed by atoms with E-state index in [1.807, 2.05) is 11.7 Å². The maximum atomic E-state index is 6.02. The molecule has 0 saturated carbocycles. The Labute approximate surface area is 95.3 Å². The highest BCUT2D eigenvalue weighted by molar-refractivity contribution is 7.09. The van der Waals surface area contributed by atoms with E-state index in [1.165, 1.54) is 4.88 Å². The number of aromatic nitrogens is 1. The van der Waals surface area contributed by atoms with Gasteiger partial charge in [0.05, 0.1) is 5.51 Å². The smallest absolute Gasteiger partial charge is 0.0794 e. The van der Waals surface area contributed by atoms with Crippen LogP contribution >= 0.6 is 11.3 Å². The Kier molecular flexibility index (Phi) is 3.38. The molecule has 15 heavy (non-hydrogen) atoms. The molecule has 1 fully saturated rings. The van der Waals surface area contributed by atoms with Crippen LogP contribution in [0.15, 0.2) is 11.7 Å². The number of hydrogen-bond donors (Lipinski definition) is 1. The Bertz CT molecular complexity index is 299. The van der Waals surface area contributed by atoms with Gasteiger partial charge in [0.15, 0.2) is 0 Å². The minimum Gasteiger partial charge on any atom is -0.327 e. The van der Waals surface area contributed by atoms with Gasteiger partial charge in [-0.05, 0) is 19.3 Å². The van der Waals surface area contributed by atoms with Crippen molar-refractivity contribution in [2.24, 2.45) is 11.7 Å². The summed E-state index contributed by atoms with van der Waals surface area (Å²) >= 11 is 1.74. The van der Waals surface area contributed by atoms with Crippen LogP contribution in [0.2, 0.25) is 0 Å². The lowest BCUT2D eigenvalue weighted by Gasteiger charge is -2.38. The molecule has 3 nitrogen and oxygen atoms in total. The van der Waals surface area contributed by atoms with Gasteiger partial charge in [-0.15, -0.1) is 11.3 Å². The fourth-order valence-corrected chi connectivity index (χ4v) is 2.87. The van der Waals surface area contributed by atoms with E-state index in [2.05, 4.69) is 23.7 Å². The fourth-order valence-electron chi connectivity index (χ4n) is 2.16. The lowest BCUT2D eigenvalue weighted by molar-refractivity contribution is 0.125. The van der Waals surface area contributed by atoms with Crippen LogP contribution in [0.1, 0.15) is 31.2 Å². The highest BCUT2D eigenvalue weighted by atomic mass is 32.1. The number of likely N-dealkylation sites (tertiary alicyclic amines) is 1. The summed E-state index contributed by atoms with van der Waals surface area (Å²) in [5, 5.41) is 0. The molecule has 2 rings (SSSR count). The molecule has 1 saturated heterocycles. The predicted molar refractivity (Wildman–Crippen MR) is 63.9 cm³/mol. The van der Waals surface area contributed by atoms with Gasteiger partial charge in [0.1, 0.15) is 0 Å². The van der Waals surface area contributed by atoms with E-state index in [1.54, 1.807) is 11.3 Å². The molecule has 2 N–H and O–H groups in total. The van der Waals surface area contributed by atoms with Crippen LogP contribution in [0.4, 0.5) is 0 Å². The van der Waals surface area contributed by atoms with Crippen LogP contribution in [0, 0.1) is 5.92 Å². The standard InChI is InChI=1S/C11H19N3S/c1-8-6-14(4-3-10(8)12)9(2)11-5-13-7-15-11/h5,7-10H,3-4,6,12H2,1-2H3. The number of thiazole rings is 1. The summed E-state index contributed by atoms with van der Waals surface area (Å²) in [5.41, 5.74) is 7.93. The first-order valence-electron chi connectivity index (χ1n) is 5.56. The lowest BCUT2D eigenvalue weighted by Crippen LogP contribution is -2.46. The molecule has 0 aliphatic carbocycles. The first kappa shape index (κ1) is 11.0. The van der Waals surface area contributed by atoms with Gasteiger partial charge in [0.25, 0.3) is 0 Å². The molecule has 0 spiro atoms. The molecule has 4 heteroatoms. The number of hydrogen-bond acceptors (Lipinski definition) is 4. The molecule has 3 atom stereocenters. The summed E-state index contributed by atoms with van der Waals surface area (Å²) in [6, 6.07) is 0.877. The Hall–Kier alpha value is -0.450. The minimum atomic E-state index is 0.384. The summed E-state index contributed by atoms with van der Waals surface area (Å²) < 4.78 is 0. The Morgan fingerprint density at radius 3 is 3.07 bits per heavy atom. The SMILES string of the molecule is CC1CN(C(C)c2cncs2)CCC1N. The van der Waals surface area contributed by atoms with Crippen LogP contribution in [0.25, 0.3) is 0 Å². The average molecular weight is 225 g/mol. The third-order valence-corrected chi connectivity index (χ3v) is 4.36. The van der Waals surface area contributed by atoms with Crippen LogP contribution in [-0.4, -0.2) is 29.0 Å². The van der Waals surface area contributed by atoms with E-state index < -0.39 is 0 Å². The van der Waals surface area contributed by atoms with Crippen molar-refractivity contribution in [3.63, 3.8) is 0 Å². The Balaban J connectivity index is 2.00. The van der Waals surface area contributed by atoms with Crippen LogP contribution in [0.5, 0.6) is 0 Å². The summed E-state index contributed by atoms with van der Waals surface area (Å²) in [6.45, 7) is 6.73. The molecule has 84 valence electrons. The van der Waals surface area contributed by atoms with E-state index in [9.17, 15) is 0 Å². The lowest BCUT2D eigenvalue weighted by atomic mass is 9.94. The van der Waals surface area contributed by atoms with Gasteiger partial charge in [-0.1, -0.05) is 6.92 Å². The summed E-state index contributed by atoms with van der Waals surface area (Å²) in [6.07, 6.45) is 3.10. The number of rotatable bonds is 2. The van der Waals surface area contributed by atoms with E-state index in [-0.39, 0.29) is 0 Å². The van der Waals surface area contributed by atoms with Crippen molar-refractivity contribution in [3.05, 3.63) is 16.6 Å². The predicted octanol–water partition coefficient (Wildman–Crippen LogP) is 1.87. The zero-order valence-electron chi connectivity index (χ0n) is 9.39. The van der Waals surface area contributed by atoms with Gasteiger partial charge < -0.3 is 5.73 Å². The highest BCUT2D eigenvalue weighted by Gasteiger charge is 2.27. The third kappa shape index (κ3) is 2.38. The monoisotopic (exact) mass is 225 g/mol. The van der Waals surface area contributed by atoms with E-state index >= 15 is 0 Å². The molecule has 1 aromatic heterocycles. The quantitative estimate of drug-likeness (QED) is 0.835. The van der Waals surface area contributed by atoms with E-state index in [0.29, 0.717) is 18.0 Å². The second-order valence-electron chi connectivity index (χ2n) is 4.50. The van der Waals surface area contributed by atoms with E-state index in [4.69, 9.17) is 5.73 Å². The van der Waals surface area contributed by atoms with Gasteiger partial charge in [-0.2, -0.15) is 0 Å². The molecule has 1 aromatic rings. The summed E-state index contributed by atoms with van der Waals surface area (Å²) in [5.74, 6) is 0.606. The van der Waals surface area contributed by atoms with Gasteiger partial charge in [-0.3, -0.25) is 9.88 Å². The fraction of sp³-hybridized carbons (Fsp3) is 0.727. The number of nitrogens with two attached hydrogens (primary N) is 1. The topological polar surface area (TPSA) is 42.2 Å². The van der Waals surface area contributed by atoms with E-state index in [0.717, 1.165) is 19.5 Å². The zero-order chi connectivity index (χ0) is 10.8. The molecule has 1 aliphatic rings. The molecule has 3 unspecified atom stereocenters. The van der Waals surface area contributed by atoms with Gasteiger partial charge in [0.2, 0.25) is 0 Å². The van der Waals surface area contributed by atoms with Crippen molar-refractivity contribution < 1.29 is 0 Å². The van der Waals surface area contributed by atoms with Gasteiger partial charge in [0, 0.05) is 36.2 Å². The molecule has 0 aromatic carbocycles. The van der Waals surface area contributed by atoms with Crippen molar-refractivity contribution in [1.29, 1.82) is 0 Å². The normalized spacial score (nSPS) is 30.3. The second kappa shape index (κ2) is 4.60. The maximum Gasteiger partial charge on any atom is 0.0794 e. The van der Waals surface area contributed by atoms with Crippen molar-refractivity contribution in [1.82, 2.24) is 9.88 Å². The molecule has 1 aliphatic heterocycles. The first-order valence-corrected chi connectivity index (χ1v) is 6.44. The zero-order valence-corrected chi connectivity index (χ0v) is 10.2. The van der Waals surface area contributed by atoms with Crippen molar-refractivity contribution in [3.8, 4) is 0 Å². The maximum absolute atomic E-state index is 6.02. The third-order valence-electron chi connectivity index (χ3n) is 3.41.